The predicted molar refractivity (Wildman–Crippen MR) is 55.3 cm³/mol. The van der Waals surface area contributed by atoms with Crippen molar-refractivity contribution < 1.29 is 4.79 Å². The molecule has 2 aliphatic rings. The fraction of sp³-hybridized carbons (Fsp3) is 0.455. The van der Waals surface area contributed by atoms with Gasteiger partial charge in [-0.1, -0.05) is 12.5 Å². The first kappa shape index (κ1) is 9.19. The molecule has 74 valence electrons. The lowest BCUT2D eigenvalue weighted by molar-refractivity contribution is -0.108. The zero-order valence-electron chi connectivity index (χ0n) is 8.26. The second-order valence-electron chi connectivity index (χ2n) is 3.85. The van der Waals surface area contributed by atoms with Crippen molar-refractivity contribution in [2.75, 3.05) is 6.54 Å². The molecule has 1 atom stereocenters. The summed E-state index contributed by atoms with van der Waals surface area (Å²) in [5, 5.41) is 10.8. The predicted octanol–water partition coefficient (Wildman–Crippen LogP) is 1.42. The van der Waals surface area contributed by atoms with E-state index in [1.165, 1.54) is 5.57 Å². The molecule has 0 aromatic heterocycles. The van der Waals surface area contributed by atoms with Gasteiger partial charge in [-0.3, -0.25) is 10.2 Å². The van der Waals surface area contributed by atoms with Gasteiger partial charge in [0.15, 0.2) is 0 Å². The largest absolute Gasteiger partial charge is 0.388 e. The Labute approximate surface area is 83.4 Å². The highest BCUT2D eigenvalue weighted by Gasteiger charge is 2.22. The third-order valence-corrected chi connectivity index (χ3v) is 2.88. The van der Waals surface area contributed by atoms with E-state index in [9.17, 15) is 4.79 Å². The number of fused-ring (bicyclic) bond motifs is 2. The molecule has 14 heavy (non-hydrogen) atoms. The molecule has 2 rings (SSSR count). The molecule has 0 spiro atoms. The topological polar surface area (TPSA) is 53.0 Å². The first-order valence-electron chi connectivity index (χ1n) is 4.97. The molecule has 0 aromatic carbocycles. The number of allylic oxidation sites excluding steroid dienone is 3. The number of ketones is 1. The zero-order valence-corrected chi connectivity index (χ0v) is 8.26. The average Bonchev–Trinajstić information content (AvgIpc) is 2.37. The lowest BCUT2D eigenvalue weighted by Crippen LogP contribution is -2.18. The summed E-state index contributed by atoms with van der Waals surface area (Å²) in [6, 6.07) is 0. The molecule has 3 heteroatoms. The highest BCUT2D eigenvalue weighted by atomic mass is 16.1. The number of nitrogens with one attached hydrogen (secondary N) is 2. The molecule has 2 bridgehead atoms. The molecule has 0 saturated carbocycles. The zero-order chi connectivity index (χ0) is 10.1. The molecule has 1 fully saturated rings. The Kier molecular flexibility index (Phi) is 2.23. The summed E-state index contributed by atoms with van der Waals surface area (Å²) in [7, 11) is 0. The summed E-state index contributed by atoms with van der Waals surface area (Å²) < 4.78 is 0. The molecule has 1 unspecified atom stereocenters. The Bertz CT molecular complexity index is 318. The number of hydrogen-bond donors (Lipinski definition) is 2. The van der Waals surface area contributed by atoms with Gasteiger partial charge in [0.25, 0.3) is 0 Å². The van der Waals surface area contributed by atoms with Crippen molar-refractivity contribution >= 4 is 11.5 Å². The first-order chi connectivity index (χ1) is 6.68. The molecule has 1 saturated heterocycles. The van der Waals surface area contributed by atoms with Crippen molar-refractivity contribution in [3.63, 3.8) is 0 Å². The smallest absolute Gasteiger partial charge is 0.205 e. The minimum Gasteiger partial charge on any atom is -0.388 e. The van der Waals surface area contributed by atoms with E-state index in [0.717, 1.165) is 25.1 Å². The average molecular weight is 190 g/mol. The van der Waals surface area contributed by atoms with Crippen LogP contribution in [0.4, 0.5) is 0 Å². The van der Waals surface area contributed by atoms with Crippen molar-refractivity contribution in [3.8, 4) is 0 Å². The van der Waals surface area contributed by atoms with Crippen molar-refractivity contribution in [1.82, 2.24) is 5.32 Å². The minimum atomic E-state index is -0.184. The summed E-state index contributed by atoms with van der Waals surface area (Å²) in [6.07, 6.45) is 5.38. The molecule has 0 radical (unpaired) electrons. The van der Waals surface area contributed by atoms with Crippen molar-refractivity contribution in [2.24, 2.45) is 5.92 Å². The first-order valence-corrected chi connectivity index (χ1v) is 4.97. The van der Waals surface area contributed by atoms with E-state index in [4.69, 9.17) is 5.41 Å². The Morgan fingerprint density at radius 1 is 1.50 bits per heavy atom. The van der Waals surface area contributed by atoms with E-state index >= 15 is 0 Å². The van der Waals surface area contributed by atoms with Gasteiger partial charge >= 0.3 is 0 Å². The number of rotatable bonds is 0. The van der Waals surface area contributed by atoms with Crippen molar-refractivity contribution in [3.05, 3.63) is 23.4 Å². The normalized spacial score (nSPS) is 27.1. The van der Waals surface area contributed by atoms with Gasteiger partial charge in [-0.05, 0) is 18.9 Å². The van der Waals surface area contributed by atoms with Crippen LogP contribution < -0.4 is 5.32 Å². The third kappa shape index (κ3) is 1.50. The third-order valence-electron chi connectivity index (χ3n) is 2.88. The second-order valence-corrected chi connectivity index (χ2v) is 3.85. The number of hydrogen-bond acceptors (Lipinski definition) is 3. The maximum Gasteiger partial charge on any atom is 0.205 e. The van der Waals surface area contributed by atoms with Crippen LogP contribution in [0, 0.1) is 11.3 Å². The Morgan fingerprint density at radius 2 is 2.29 bits per heavy atom. The van der Waals surface area contributed by atoms with Gasteiger partial charge < -0.3 is 5.32 Å². The fourth-order valence-electron chi connectivity index (χ4n) is 1.94. The second kappa shape index (κ2) is 3.40. The van der Waals surface area contributed by atoms with Gasteiger partial charge in [0.2, 0.25) is 5.78 Å². The van der Waals surface area contributed by atoms with Crippen molar-refractivity contribution in [1.29, 1.82) is 5.41 Å². The SMILES string of the molecule is CC1C2=CC(=N)C(=O)C=C1NCCC2. The van der Waals surface area contributed by atoms with Crippen molar-refractivity contribution in [2.45, 2.75) is 19.8 Å². The number of carbonyl (C=O) groups is 1. The summed E-state index contributed by atoms with van der Waals surface area (Å²) in [5.74, 6) is 0.0838. The van der Waals surface area contributed by atoms with Crippen LogP contribution in [0.1, 0.15) is 19.8 Å². The van der Waals surface area contributed by atoms with Gasteiger partial charge in [-0.15, -0.1) is 0 Å². The van der Waals surface area contributed by atoms with Gasteiger partial charge in [-0.25, -0.2) is 0 Å². The Hall–Kier alpha value is -1.38. The molecule has 2 N–H and O–H groups in total. The van der Waals surface area contributed by atoms with Gasteiger partial charge in [0.05, 0.1) is 0 Å². The molecule has 3 nitrogen and oxygen atoms in total. The maximum absolute atomic E-state index is 11.4. The minimum absolute atomic E-state index is 0.116. The lowest BCUT2D eigenvalue weighted by Gasteiger charge is -2.13. The quantitative estimate of drug-likeness (QED) is 0.607. The Balaban J connectivity index is 2.47. The van der Waals surface area contributed by atoms with Crippen LogP contribution in [-0.4, -0.2) is 18.0 Å². The van der Waals surface area contributed by atoms with Gasteiger partial charge in [-0.2, -0.15) is 0 Å². The van der Waals surface area contributed by atoms with E-state index in [2.05, 4.69) is 12.2 Å². The van der Waals surface area contributed by atoms with Crippen LogP contribution in [0.5, 0.6) is 0 Å². The molecule has 1 aliphatic heterocycles. The molecular weight excluding hydrogens is 176 g/mol. The molecule has 0 aromatic rings. The molecular formula is C11H14N2O. The Morgan fingerprint density at radius 3 is 3.07 bits per heavy atom. The molecule has 1 heterocycles. The molecule has 1 aliphatic carbocycles. The van der Waals surface area contributed by atoms with Crippen LogP contribution >= 0.6 is 0 Å². The fourth-order valence-corrected chi connectivity index (χ4v) is 1.94. The summed E-state index contributed by atoms with van der Waals surface area (Å²) >= 11 is 0. The van der Waals surface area contributed by atoms with Gasteiger partial charge in [0.1, 0.15) is 5.71 Å². The van der Waals surface area contributed by atoms with Crippen LogP contribution in [0.3, 0.4) is 0 Å². The standard InChI is InChI=1S/C11H14N2O/c1-7-8-3-2-4-13-10(7)6-11(14)9(12)5-8/h5-7,12-13H,2-4H2,1H3. The van der Waals surface area contributed by atoms with E-state index in [-0.39, 0.29) is 17.4 Å². The number of carbonyl (C=O) groups excluding carboxylic acids is 1. The maximum atomic E-state index is 11.4. The van der Waals surface area contributed by atoms with E-state index in [1.807, 2.05) is 0 Å². The van der Waals surface area contributed by atoms with Crippen LogP contribution in [0.15, 0.2) is 23.4 Å². The lowest BCUT2D eigenvalue weighted by atomic mass is 9.96. The van der Waals surface area contributed by atoms with E-state index in [1.54, 1.807) is 12.2 Å². The van der Waals surface area contributed by atoms with Crippen LogP contribution in [0.25, 0.3) is 0 Å². The van der Waals surface area contributed by atoms with E-state index < -0.39 is 0 Å². The summed E-state index contributed by atoms with van der Waals surface area (Å²) in [5.41, 5.74) is 2.30. The van der Waals surface area contributed by atoms with Crippen LogP contribution in [-0.2, 0) is 4.79 Å². The monoisotopic (exact) mass is 190 g/mol. The van der Waals surface area contributed by atoms with Gasteiger partial charge in [0, 0.05) is 24.2 Å². The summed E-state index contributed by atoms with van der Waals surface area (Å²) in [4.78, 5) is 11.4. The van der Waals surface area contributed by atoms with Crippen LogP contribution in [0.2, 0.25) is 0 Å². The summed E-state index contributed by atoms with van der Waals surface area (Å²) in [6.45, 7) is 3.01. The molecule has 0 amide bonds. The highest BCUT2D eigenvalue weighted by molar-refractivity contribution is 6.47. The van der Waals surface area contributed by atoms with E-state index in [0.29, 0.717) is 0 Å². The highest BCUT2D eigenvalue weighted by Crippen LogP contribution is 2.27.